The van der Waals surface area contributed by atoms with Crippen molar-refractivity contribution in [1.82, 2.24) is 0 Å². The molecular formula is C24H42O2. The fourth-order valence-corrected chi connectivity index (χ4v) is 3.44. The third kappa shape index (κ3) is 13.2. The van der Waals surface area contributed by atoms with E-state index in [1.54, 1.807) is 0 Å². The normalized spacial score (nSPS) is 11.0. The number of aliphatic hydroxyl groups excluding tert-OH is 1. The van der Waals surface area contributed by atoms with E-state index in [1.165, 1.54) is 95.5 Å². The van der Waals surface area contributed by atoms with Gasteiger partial charge in [-0.25, -0.2) is 0 Å². The smallest absolute Gasteiger partial charge is 0.119 e. The minimum atomic E-state index is 0.0702. The molecule has 1 rings (SSSR count). The van der Waals surface area contributed by atoms with Gasteiger partial charge in [-0.05, 0) is 30.5 Å². The Labute approximate surface area is 162 Å². The zero-order chi connectivity index (χ0) is 18.7. The van der Waals surface area contributed by atoms with E-state index < -0.39 is 0 Å². The third-order valence-corrected chi connectivity index (χ3v) is 5.10. The quantitative estimate of drug-likeness (QED) is 0.283. The summed E-state index contributed by atoms with van der Waals surface area (Å²) in [7, 11) is 0. The van der Waals surface area contributed by atoms with Crippen LogP contribution in [-0.4, -0.2) is 18.3 Å². The van der Waals surface area contributed by atoms with E-state index in [2.05, 4.69) is 19.1 Å². The molecule has 0 unspecified atom stereocenters. The van der Waals surface area contributed by atoms with Gasteiger partial charge in [0, 0.05) is 0 Å². The summed E-state index contributed by atoms with van der Waals surface area (Å²) >= 11 is 0. The van der Waals surface area contributed by atoms with Gasteiger partial charge in [-0.2, -0.15) is 0 Å². The minimum Gasteiger partial charge on any atom is -0.491 e. The van der Waals surface area contributed by atoms with Crippen LogP contribution >= 0.6 is 0 Å². The zero-order valence-electron chi connectivity index (χ0n) is 17.2. The lowest BCUT2D eigenvalue weighted by molar-refractivity contribution is 0.201. The molecule has 0 saturated heterocycles. The highest BCUT2D eigenvalue weighted by molar-refractivity contribution is 5.27. The molecule has 0 aromatic heterocycles. The van der Waals surface area contributed by atoms with Gasteiger partial charge >= 0.3 is 0 Å². The predicted molar refractivity (Wildman–Crippen MR) is 113 cm³/mol. The summed E-state index contributed by atoms with van der Waals surface area (Å²) in [6.07, 6.45) is 20.9. The molecule has 1 aromatic rings. The Kier molecular flexibility index (Phi) is 15.4. The first-order valence-corrected chi connectivity index (χ1v) is 11.2. The van der Waals surface area contributed by atoms with Gasteiger partial charge in [0.25, 0.3) is 0 Å². The van der Waals surface area contributed by atoms with Crippen molar-refractivity contribution in [3.05, 3.63) is 29.8 Å². The molecule has 0 fully saturated rings. The highest BCUT2D eigenvalue weighted by Gasteiger charge is 1.97. The zero-order valence-corrected chi connectivity index (χ0v) is 17.2. The molecule has 2 nitrogen and oxygen atoms in total. The Bertz CT molecular complexity index is 399. The summed E-state index contributed by atoms with van der Waals surface area (Å²) in [6, 6.07) is 8.31. The summed E-state index contributed by atoms with van der Waals surface area (Å²) in [4.78, 5) is 0. The molecular weight excluding hydrogens is 320 g/mol. The number of rotatable bonds is 18. The van der Waals surface area contributed by atoms with Gasteiger partial charge in [-0.1, -0.05) is 103 Å². The molecule has 150 valence electrons. The second kappa shape index (κ2) is 17.4. The molecule has 0 bridgehead atoms. The highest BCUT2D eigenvalue weighted by atomic mass is 16.5. The number of aryl methyl sites for hydroxylation is 1. The molecule has 0 radical (unpaired) electrons. The van der Waals surface area contributed by atoms with Gasteiger partial charge in [-0.15, -0.1) is 0 Å². The van der Waals surface area contributed by atoms with E-state index >= 15 is 0 Å². The summed E-state index contributed by atoms with van der Waals surface area (Å²) in [5, 5.41) is 8.75. The number of unbranched alkanes of at least 4 members (excludes halogenated alkanes) is 13. The highest BCUT2D eigenvalue weighted by Crippen LogP contribution is 2.16. The van der Waals surface area contributed by atoms with Gasteiger partial charge < -0.3 is 9.84 Å². The maximum absolute atomic E-state index is 8.75. The van der Waals surface area contributed by atoms with Crippen LogP contribution in [0, 0.1) is 0 Å². The molecule has 0 aliphatic rings. The van der Waals surface area contributed by atoms with Crippen LogP contribution in [0.2, 0.25) is 0 Å². The lowest BCUT2D eigenvalue weighted by atomic mass is 10.0. The van der Waals surface area contributed by atoms with E-state index in [9.17, 15) is 0 Å². The Balaban J connectivity index is 1.84. The molecule has 0 saturated carbocycles. The number of benzene rings is 1. The van der Waals surface area contributed by atoms with Gasteiger partial charge in [-0.3, -0.25) is 0 Å². The summed E-state index contributed by atoms with van der Waals surface area (Å²) in [5.74, 6) is 0.851. The molecule has 0 atom stereocenters. The lowest BCUT2D eigenvalue weighted by Gasteiger charge is -2.06. The Morgan fingerprint density at radius 2 is 1.12 bits per heavy atom. The average Bonchev–Trinajstić information content (AvgIpc) is 2.67. The van der Waals surface area contributed by atoms with Crippen molar-refractivity contribution in [2.75, 3.05) is 13.2 Å². The van der Waals surface area contributed by atoms with Crippen LogP contribution in [0.3, 0.4) is 0 Å². The summed E-state index contributed by atoms with van der Waals surface area (Å²) < 4.78 is 5.39. The first-order valence-electron chi connectivity index (χ1n) is 11.2. The fourth-order valence-electron chi connectivity index (χ4n) is 3.44. The van der Waals surface area contributed by atoms with Crippen LogP contribution in [0.1, 0.15) is 102 Å². The van der Waals surface area contributed by atoms with Crippen molar-refractivity contribution in [2.45, 2.75) is 103 Å². The molecule has 0 aliphatic heterocycles. The number of aliphatic hydroxyl groups is 1. The van der Waals surface area contributed by atoms with Crippen LogP contribution < -0.4 is 4.74 Å². The Morgan fingerprint density at radius 3 is 1.58 bits per heavy atom. The summed E-state index contributed by atoms with van der Waals surface area (Å²) in [6.45, 7) is 2.73. The molecule has 0 aliphatic carbocycles. The van der Waals surface area contributed by atoms with E-state index in [4.69, 9.17) is 9.84 Å². The van der Waals surface area contributed by atoms with E-state index in [0.29, 0.717) is 6.61 Å². The maximum atomic E-state index is 8.75. The van der Waals surface area contributed by atoms with Crippen molar-refractivity contribution >= 4 is 0 Å². The molecule has 0 amide bonds. The fraction of sp³-hybridized carbons (Fsp3) is 0.750. The lowest BCUT2D eigenvalue weighted by Crippen LogP contribution is -2.01. The first kappa shape index (κ1) is 23.0. The van der Waals surface area contributed by atoms with Crippen molar-refractivity contribution in [2.24, 2.45) is 0 Å². The van der Waals surface area contributed by atoms with Gasteiger partial charge in [0.1, 0.15) is 12.4 Å². The van der Waals surface area contributed by atoms with Gasteiger partial charge in [0.15, 0.2) is 0 Å². The van der Waals surface area contributed by atoms with Crippen LogP contribution in [0.25, 0.3) is 0 Å². The second-order valence-corrected chi connectivity index (χ2v) is 7.56. The average molecular weight is 363 g/mol. The second-order valence-electron chi connectivity index (χ2n) is 7.56. The Morgan fingerprint density at radius 1 is 0.654 bits per heavy atom. The number of hydrogen-bond acceptors (Lipinski definition) is 2. The van der Waals surface area contributed by atoms with Crippen molar-refractivity contribution < 1.29 is 9.84 Å². The Hall–Kier alpha value is -1.02. The van der Waals surface area contributed by atoms with Crippen molar-refractivity contribution in [3.63, 3.8) is 0 Å². The minimum absolute atomic E-state index is 0.0702. The van der Waals surface area contributed by atoms with Crippen LogP contribution in [0.5, 0.6) is 5.75 Å². The largest absolute Gasteiger partial charge is 0.491 e. The molecule has 1 aromatic carbocycles. The molecule has 2 heteroatoms. The van der Waals surface area contributed by atoms with E-state index in [-0.39, 0.29) is 6.61 Å². The monoisotopic (exact) mass is 362 g/mol. The SMILES string of the molecule is CCCCCCCCCCCCCCCCc1ccc(OCCO)cc1. The van der Waals surface area contributed by atoms with Crippen molar-refractivity contribution in [3.8, 4) is 5.75 Å². The van der Waals surface area contributed by atoms with Crippen LogP contribution in [0.4, 0.5) is 0 Å². The van der Waals surface area contributed by atoms with Crippen LogP contribution in [-0.2, 0) is 6.42 Å². The predicted octanol–water partition coefficient (Wildman–Crippen LogP) is 7.08. The van der Waals surface area contributed by atoms with E-state index in [0.717, 1.165) is 12.2 Å². The molecule has 1 N–H and O–H groups in total. The van der Waals surface area contributed by atoms with E-state index in [1.807, 2.05) is 12.1 Å². The van der Waals surface area contributed by atoms with Gasteiger partial charge in [0.05, 0.1) is 6.61 Å². The third-order valence-electron chi connectivity index (χ3n) is 5.10. The topological polar surface area (TPSA) is 29.5 Å². The van der Waals surface area contributed by atoms with Crippen LogP contribution in [0.15, 0.2) is 24.3 Å². The van der Waals surface area contributed by atoms with Gasteiger partial charge in [0.2, 0.25) is 0 Å². The molecule has 0 heterocycles. The standard InChI is InChI=1S/C24H42O2/c1-2-3-4-5-6-7-8-9-10-11-12-13-14-15-16-23-17-19-24(20-18-23)26-22-21-25/h17-20,25H,2-16,21-22H2,1H3. The van der Waals surface area contributed by atoms with Crippen molar-refractivity contribution in [1.29, 1.82) is 0 Å². The maximum Gasteiger partial charge on any atom is 0.119 e. The summed E-state index contributed by atoms with van der Waals surface area (Å²) in [5.41, 5.74) is 1.39. The molecule has 0 spiro atoms. The first-order chi connectivity index (χ1) is 12.9. The molecule has 26 heavy (non-hydrogen) atoms. The number of hydrogen-bond donors (Lipinski definition) is 1. The number of ether oxygens (including phenoxy) is 1.